The summed E-state index contributed by atoms with van der Waals surface area (Å²) in [5, 5.41) is 2.49. The summed E-state index contributed by atoms with van der Waals surface area (Å²) in [5.41, 5.74) is 8.01. The lowest BCUT2D eigenvalue weighted by Gasteiger charge is -2.25. The van der Waals surface area contributed by atoms with Gasteiger partial charge in [0.1, 0.15) is 0 Å². The van der Waals surface area contributed by atoms with Gasteiger partial charge in [0.05, 0.1) is 0 Å². The molecule has 0 saturated carbocycles. The van der Waals surface area contributed by atoms with Crippen LogP contribution in [0.3, 0.4) is 0 Å². The second kappa shape index (κ2) is 7.18. The van der Waals surface area contributed by atoms with E-state index in [9.17, 15) is 0 Å². The third kappa shape index (κ3) is 3.66. The molecule has 108 valence electrons. The lowest BCUT2D eigenvalue weighted by atomic mass is 10.1. The van der Waals surface area contributed by atoms with Crippen molar-refractivity contribution in [2.75, 3.05) is 23.7 Å². The molecule has 0 aliphatic carbocycles. The predicted molar refractivity (Wildman–Crippen MR) is 90.4 cm³/mol. The minimum absolute atomic E-state index is 0.832. The van der Waals surface area contributed by atoms with Crippen molar-refractivity contribution < 1.29 is 0 Å². The highest BCUT2D eigenvalue weighted by molar-refractivity contribution is 5.88. The molecule has 0 aliphatic rings. The number of nitrogens with zero attached hydrogens (tertiary/aromatic N) is 1. The molecule has 20 heavy (non-hydrogen) atoms. The van der Waals surface area contributed by atoms with Crippen LogP contribution in [0.1, 0.15) is 39.5 Å². The number of anilines is 2. The number of unbranched alkanes of at least 4 members (excludes halogenated alkanes) is 2. The zero-order chi connectivity index (χ0) is 14.4. The predicted octanol–water partition coefficient (Wildman–Crippen LogP) is 4.83. The van der Waals surface area contributed by atoms with E-state index in [0.29, 0.717) is 0 Å². The van der Waals surface area contributed by atoms with Crippen molar-refractivity contribution in [2.24, 2.45) is 0 Å². The Morgan fingerprint density at radius 1 is 0.850 bits per heavy atom. The zero-order valence-electron chi connectivity index (χ0n) is 12.7. The number of hydrogen-bond acceptors (Lipinski definition) is 2. The number of hydrogen-bond donors (Lipinski definition) is 1. The van der Waals surface area contributed by atoms with Crippen molar-refractivity contribution in [2.45, 2.75) is 39.5 Å². The van der Waals surface area contributed by atoms with Gasteiger partial charge in [0.2, 0.25) is 0 Å². The van der Waals surface area contributed by atoms with E-state index in [2.05, 4.69) is 43.0 Å². The fraction of sp³-hybridized carbons (Fsp3) is 0.444. The Bertz CT molecular complexity index is 540. The molecule has 0 aromatic heterocycles. The van der Waals surface area contributed by atoms with E-state index in [0.717, 1.165) is 18.8 Å². The number of fused-ring (bicyclic) bond motifs is 1. The molecule has 0 atom stereocenters. The van der Waals surface area contributed by atoms with Gasteiger partial charge < -0.3 is 10.6 Å². The molecule has 0 spiro atoms. The van der Waals surface area contributed by atoms with Gasteiger partial charge >= 0.3 is 0 Å². The molecule has 2 nitrogen and oxygen atoms in total. The van der Waals surface area contributed by atoms with Crippen LogP contribution in [0, 0.1) is 0 Å². The fourth-order valence-corrected chi connectivity index (χ4v) is 2.52. The van der Waals surface area contributed by atoms with Crippen LogP contribution in [0.5, 0.6) is 0 Å². The third-order valence-electron chi connectivity index (χ3n) is 3.78. The van der Waals surface area contributed by atoms with Gasteiger partial charge in [-0.2, -0.15) is 0 Å². The molecular weight excluding hydrogens is 244 g/mol. The average molecular weight is 270 g/mol. The Hall–Kier alpha value is -1.70. The van der Waals surface area contributed by atoms with Gasteiger partial charge in [-0.05, 0) is 47.9 Å². The van der Waals surface area contributed by atoms with Crippen molar-refractivity contribution >= 4 is 22.1 Å². The summed E-state index contributed by atoms with van der Waals surface area (Å²) in [5.74, 6) is 0. The molecule has 0 unspecified atom stereocenters. The molecule has 2 rings (SSSR count). The first-order valence-electron chi connectivity index (χ1n) is 7.79. The average Bonchev–Trinajstić information content (AvgIpc) is 2.47. The molecule has 2 aromatic rings. The molecule has 0 fully saturated rings. The SMILES string of the molecule is CCCCN(CCCC)c1ccc2cc(N)ccc2c1. The maximum atomic E-state index is 5.84. The summed E-state index contributed by atoms with van der Waals surface area (Å²) in [6.07, 6.45) is 4.99. The van der Waals surface area contributed by atoms with Crippen LogP contribution >= 0.6 is 0 Å². The first-order chi connectivity index (χ1) is 9.74. The van der Waals surface area contributed by atoms with Crippen LogP contribution in [0.15, 0.2) is 36.4 Å². The third-order valence-corrected chi connectivity index (χ3v) is 3.78. The minimum atomic E-state index is 0.832. The molecular formula is C18H26N2. The van der Waals surface area contributed by atoms with Crippen molar-refractivity contribution in [3.8, 4) is 0 Å². The monoisotopic (exact) mass is 270 g/mol. The highest BCUT2D eigenvalue weighted by Gasteiger charge is 2.06. The molecule has 2 heteroatoms. The molecule has 0 amide bonds. The standard InChI is InChI=1S/C18H26N2/c1-3-5-11-20(12-6-4-2)18-10-8-15-13-17(19)9-7-16(15)14-18/h7-10,13-14H,3-6,11-12,19H2,1-2H3. The van der Waals surface area contributed by atoms with Gasteiger partial charge in [-0.25, -0.2) is 0 Å². The topological polar surface area (TPSA) is 29.3 Å². The molecule has 2 N–H and O–H groups in total. The fourth-order valence-electron chi connectivity index (χ4n) is 2.52. The van der Waals surface area contributed by atoms with E-state index in [1.165, 1.54) is 42.1 Å². The van der Waals surface area contributed by atoms with Crippen LogP contribution < -0.4 is 10.6 Å². The van der Waals surface area contributed by atoms with E-state index in [1.54, 1.807) is 0 Å². The summed E-state index contributed by atoms with van der Waals surface area (Å²) < 4.78 is 0. The normalized spacial score (nSPS) is 10.9. The van der Waals surface area contributed by atoms with Gasteiger partial charge in [0.15, 0.2) is 0 Å². The highest BCUT2D eigenvalue weighted by Crippen LogP contribution is 2.24. The number of nitrogen functional groups attached to an aromatic ring is 1. The van der Waals surface area contributed by atoms with Gasteiger partial charge in [-0.15, -0.1) is 0 Å². The van der Waals surface area contributed by atoms with E-state index < -0.39 is 0 Å². The van der Waals surface area contributed by atoms with Crippen molar-refractivity contribution in [1.82, 2.24) is 0 Å². The molecule has 0 bridgehead atoms. The first kappa shape index (κ1) is 14.7. The molecule has 0 saturated heterocycles. The lowest BCUT2D eigenvalue weighted by molar-refractivity contribution is 0.678. The molecule has 2 aromatic carbocycles. The summed E-state index contributed by atoms with van der Waals surface area (Å²) in [4.78, 5) is 2.52. The Balaban J connectivity index is 2.24. The van der Waals surface area contributed by atoms with Crippen LogP contribution in [-0.2, 0) is 0 Å². The van der Waals surface area contributed by atoms with Gasteiger partial charge in [0, 0.05) is 24.5 Å². The van der Waals surface area contributed by atoms with Gasteiger partial charge in [-0.1, -0.05) is 38.8 Å². The second-order valence-electron chi connectivity index (χ2n) is 5.49. The summed E-state index contributed by atoms with van der Waals surface area (Å²) in [6.45, 7) is 6.80. The number of benzene rings is 2. The van der Waals surface area contributed by atoms with Crippen LogP contribution in [0.2, 0.25) is 0 Å². The minimum Gasteiger partial charge on any atom is -0.399 e. The van der Waals surface area contributed by atoms with E-state index in [1.807, 2.05) is 12.1 Å². The number of nitrogens with two attached hydrogens (primary N) is 1. The van der Waals surface area contributed by atoms with Crippen molar-refractivity contribution in [3.05, 3.63) is 36.4 Å². The first-order valence-corrected chi connectivity index (χ1v) is 7.79. The van der Waals surface area contributed by atoms with Crippen LogP contribution in [0.25, 0.3) is 10.8 Å². The summed E-state index contributed by atoms with van der Waals surface area (Å²) in [6, 6.07) is 12.8. The lowest BCUT2D eigenvalue weighted by Crippen LogP contribution is -2.25. The van der Waals surface area contributed by atoms with E-state index >= 15 is 0 Å². The molecule has 0 heterocycles. The quantitative estimate of drug-likeness (QED) is 0.730. The smallest absolute Gasteiger partial charge is 0.0372 e. The summed E-state index contributed by atoms with van der Waals surface area (Å²) >= 11 is 0. The maximum absolute atomic E-state index is 5.84. The van der Waals surface area contributed by atoms with Gasteiger partial charge in [0.25, 0.3) is 0 Å². The van der Waals surface area contributed by atoms with E-state index in [-0.39, 0.29) is 0 Å². The number of rotatable bonds is 7. The second-order valence-corrected chi connectivity index (χ2v) is 5.49. The zero-order valence-corrected chi connectivity index (χ0v) is 12.7. The molecule has 0 radical (unpaired) electrons. The van der Waals surface area contributed by atoms with Crippen LogP contribution in [0.4, 0.5) is 11.4 Å². The van der Waals surface area contributed by atoms with Crippen LogP contribution in [-0.4, -0.2) is 13.1 Å². The Morgan fingerprint density at radius 2 is 1.45 bits per heavy atom. The largest absolute Gasteiger partial charge is 0.399 e. The van der Waals surface area contributed by atoms with Gasteiger partial charge in [-0.3, -0.25) is 0 Å². The Kier molecular flexibility index (Phi) is 5.28. The van der Waals surface area contributed by atoms with Crippen molar-refractivity contribution in [1.29, 1.82) is 0 Å². The Labute approximate surface area is 122 Å². The summed E-state index contributed by atoms with van der Waals surface area (Å²) in [7, 11) is 0. The Morgan fingerprint density at radius 3 is 2.10 bits per heavy atom. The van der Waals surface area contributed by atoms with E-state index in [4.69, 9.17) is 5.73 Å². The molecule has 0 aliphatic heterocycles. The highest BCUT2D eigenvalue weighted by atomic mass is 15.1. The maximum Gasteiger partial charge on any atom is 0.0372 e. The van der Waals surface area contributed by atoms with Crippen molar-refractivity contribution in [3.63, 3.8) is 0 Å².